The van der Waals surface area contributed by atoms with Gasteiger partial charge in [0.05, 0.1) is 5.75 Å². The van der Waals surface area contributed by atoms with Gasteiger partial charge in [-0.1, -0.05) is 0 Å². The molecule has 0 aliphatic carbocycles. The molecule has 0 atom stereocenters. The van der Waals surface area contributed by atoms with Gasteiger partial charge in [-0.2, -0.15) is 0 Å². The Morgan fingerprint density at radius 1 is 1.25 bits per heavy atom. The number of sulfonamides is 1. The summed E-state index contributed by atoms with van der Waals surface area (Å²) >= 11 is 1.66. The first-order chi connectivity index (χ1) is 9.62. The van der Waals surface area contributed by atoms with E-state index >= 15 is 0 Å². The van der Waals surface area contributed by atoms with Gasteiger partial charge >= 0.3 is 0 Å². The van der Waals surface area contributed by atoms with Crippen LogP contribution in [-0.2, 0) is 10.0 Å². The van der Waals surface area contributed by atoms with E-state index in [0.29, 0.717) is 5.69 Å². The Kier molecular flexibility index (Phi) is 3.96. The van der Waals surface area contributed by atoms with Crippen molar-refractivity contribution >= 4 is 37.1 Å². The lowest BCUT2D eigenvalue weighted by molar-refractivity contribution is 0.402. The highest BCUT2D eigenvalue weighted by atomic mass is 32.2. The summed E-state index contributed by atoms with van der Waals surface area (Å²) in [5.74, 6) is 0.481. The minimum absolute atomic E-state index is 0.219. The van der Waals surface area contributed by atoms with E-state index in [9.17, 15) is 8.42 Å². The number of fused-ring (bicyclic) bond motifs is 1. The Bertz CT molecular complexity index is 688. The minimum atomic E-state index is -3.26. The molecule has 0 amide bonds. The van der Waals surface area contributed by atoms with Crippen molar-refractivity contribution in [1.82, 2.24) is 5.32 Å². The zero-order valence-electron chi connectivity index (χ0n) is 11.1. The maximum absolute atomic E-state index is 12.2. The van der Waals surface area contributed by atoms with Crippen LogP contribution in [0.3, 0.4) is 0 Å². The predicted octanol–water partition coefficient (Wildman–Crippen LogP) is 2.64. The molecule has 1 saturated heterocycles. The Hall–Kier alpha value is -1.11. The quantitative estimate of drug-likeness (QED) is 0.913. The molecule has 1 aromatic carbocycles. The molecular formula is C14H18N2O2S2. The van der Waals surface area contributed by atoms with Gasteiger partial charge in [0.2, 0.25) is 10.0 Å². The highest BCUT2D eigenvalue weighted by Crippen LogP contribution is 2.25. The number of thiophene rings is 1. The van der Waals surface area contributed by atoms with Crippen molar-refractivity contribution in [3.05, 3.63) is 29.6 Å². The molecule has 2 heterocycles. The number of nitrogens with one attached hydrogen (secondary N) is 2. The van der Waals surface area contributed by atoms with Crippen LogP contribution in [0.1, 0.15) is 12.8 Å². The van der Waals surface area contributed by atoms with Crippen LogP contribution in [0.4, 0.5) is 5.69 Å². The third-order valence-corrected chi connectivity index (χ3v) is 5.99. The van der Waals surface area contributed by atoms with Crippen LogP contribution in [0.25, 0.3) is 10.1 Å². The fraction of sp³-hybridized carbons (Fsp3) is 0.429. The lowest BCUT2D eigenvalue weighted by Crippen LogP contribution is -2.33. The molecule has 108 valence electrons. The maximum atomic E-state index is 12.2. The van der Waals surface area contributed by atoms with Crippen molar-refractivity contribution in [2.45, 2.75) is 12.8 Å². The Morgan fingerprint density at radius 2 is 2.05 bits per heavy atom. The van der Waals surface area contributed by atoms with Crippen LogP contribution < -0.4 is 10.0 Å². The molecule has 0 saturated carbocycles. The summed E-state index contributed by atoms with van der Waals surface area (Å²) in [7, 11) is -3.26. The average Bonchev–Trinajstić information content (AvgIpc) is 2.86. The lowest BCUT2D eigenvalue weighted by Gasteiger charge is -2.22. The summed E-state index contributed by atoms with van der Waals surface area (Å²) in [5.41, 5.74) is 0.657. The summed E-state index contributed by atoms with van der Waals surface area (Å²) in [4.78, 5) is 0. The SMILES string of the molecule is O=S(=O)(CC1CCNCC1)Nc1ccc2sccc2c1. The smallest absolute Gasteiger partial charge is 0.232 e. The molecule has 1 aromatic heterocycles. The summed E-state index contributed by atoms with van der Waals surface area (Å²) in [6, 6.07) is 7.69. The van der Waals surface area contributed by atoms with Crippen molar-refractivity contribution in [2.75, 3.05) is 23.6 Å². The minimum Gasteiger partial charge on any atom is -0.317 e. The van der Waals surface area contributed by atoms with Crippen LogP contribution >= 0.6 is 11.3 Å². The first-order valence-corrected chi connectivity index (χ1v) is 9.34. The van der Waals surface area contributed by atoms with Gasteiger partial charge < -0.3 is 5.32 Å². The van der Waals surface area contributed by atoms with Crippen molar-refractivity contribution in [3.8, 4) is 0 Å². The van der Waals surface area contributed by atoms with E-state index in [4.69, 9.17) is 0 Å². The van der Waals surface area contributed by atoms with Gasteiger partial charge in [-0.15, -0.1) is 11.3 Å². The van der Waals surface area contributed by atoms with Gasteiger partial charge in [0.1, 0.15) is 0 Å². The molecular weight excluding hydrogens is 292 g/mol. The largest absolute Gasteiger partial charge is 0.317 e. The topological polar surface area (TPSA) is 58.2 Å². The van der Waals surface area contributed by atoms with E-state index < -0.39 is 10.0 Å². The van der Waals surface area contributed by atoms with E-state index in [1.165, 1.54) is 4.70 Å². The zero-order chi connectivity index (χ0) is 14.0. The van der Waals surface area contributed by atoms with Gasteiger partial charge in [0.15, 0.2) is 0 Å². The van der Waals surface area contributed by atoms with Crippen molar-refractivity contribution in [3.63, 3.8) is 0 Å². The fourth-order valence-electron chi connectivity index (χ4n) is 2.61. The monoisotopic (exact) mass is 310 g/mol. The molecule has 0 spiro atoms. The zero-order valence-corrected chi connectivity index (χ0v) is 12.8. The number of hydrogen-bond acceptors (Lipinski definition) is 4. The molecule has 0 radical (unpaired) electrons. The van der Waals surface area contributed by atoms with Crippen LogP contribution in [0.5, 0.6) is 0 Å². The number of piperidine rings is 1. The van der Waals surface area contributed by atoms with Gasteiger partial charge in [-0.3, -0.25) is 4.72 Å². The average molecular weight is 310 g/mol. The van der Waals surface area contributed by atoms with E-state index in [2.05, 4.69) is 10.0 Å². The second kappa shape index (κ2) is 5.71. The third-order valence-electron chi connectivity index (χ3n) is 3.64. The predicted molar refractivity (Wildman–Crippen MR) is 84.8 cm³/mol. The molecule has 4 nitrogen and oxygen atoms in total. The second-order valence-corrected chi connectivity index (χ2v) is 7.96. The summed E-state index contributed by atoms with van der Waals surface area (Å²) in [6.45, 7) is 1.84. The normalized spacial score (nSPS) is 17.4. The molecule has 1 fully saturated rings. The maximum Gasteiger partial charge on any atom is 0.232 e. The van der Waals surface area contributed by atoms with E-state index in [1.807, 2.05) is 29.6 Å². The standard InChI is InChI=1S/C14H18N2O2S2/c17-20(18,10-11-3-6-15-7-4-11)16-13-1-2-14-12(9-13)5-8-19-14/h1-2,5,8-9,11,15-16H,3-4,6-7,10H2. The summed E-state index contributed by atoms with van der Waals surface area (Å²) in [6.07, 6.45) is 1.87. The second-order valence-electron chi connectivity index (χ2n) is 5.25. The molecule has 0 bridgehead atoms. The van der Waals surface area contributed by atoms with Crippen LogP contribution in [-0.4, -0.2) is 27.3 Å². The highest BCUT2D eigenvalue weighted by molar-refractivity contribution is 7.92. The van der Waals surface area contributed by atoms with Gasteiger partial charge in [-0.05, 0) is 66.9 Å². The highest BCUT2D eigenvalue weighted by Gasteiger charge is 2.21. The Balaban J connectivity index is 1.71. The van der Waals surface area contributed by atoms with Crippen LogP contribution in [0.2, 0.25) is 0 Å². The van der Waals surface area contributed by atoms with Gasteiger partial charge in [-0.25, -0.2) is 8.42 Å². The van der Waals surface area contributed by atoms with Crippen molar-refractivity contribution in [2.24, 2.45) is 5.92 Å². The Morgan fingerprint density at radius 3 is 2.85 bits per heavy atom. The Labute approximate surface area is 123 Å². The fourth-order valence-corrected chi connectivity index (χ4v) is 4.90. The molecule has 2 N–H and O–H groups in total. The molecule has 3 rings (SSSR count). The van der Waals surface area contributed by atoms with Crippen LogP contribution in [0.15, 0.2) is 29.6 Å². The molecule has 6 heteroatoms. The molecule has 20 heavy (non-hydrogen) atoms. The molecule has 2 aromatic rings. The lowest BCUT2D eigenvalue weighted by atomic mass is 10.0. The summed E-state index contributed by atoms with van der Waals surface area (Å²) in [5, 5.41) is 6.35. The first kappa shape index (κ1) is 13.9. The molecule has 1 aliphatic heterocycles. The molecule has 0 unspecified atom stereocenters. The van der Waals surface area contributed by atoms with E-state index in [0.717, 1.165) is 31.3 Å². The van der Waals surface area contributed by atoms with Gasteiger partial charge in [0.25, 0.3) is 0 Å². The first-order valence-electron chi connectivity index (χ1n) is 6.81. The number of benzene rings is 1. The number of anilines is 1. The summed E-state index contributed by atoms with van der Waals surface area (Å²) < 4.78 is 28.3. The van der Waals surface area contributed by atoms with E-state index in [-0.39, 0.29) is 11.7 Å². The van der Waals surface area contributed by atoms with Gasteiger partial charge in [0, 0.05) is 10.4 Å². The molecule has 1 aliphatic rings. The number of hydrogen-bond donors (Lipinski definition) is 2. The number of rotatable bonds is 4. The van der Waals surface area contributed by atoms with E-state index in [1.54, 1.807) is 11.3 Å². The van der Waals surface area contributed by atoms with Crippen LogP contribution in [0, 0.1) is 5.92 Å². The van der Waals surface area contributed by atoms with Crippen molar-refractivity contribution < 1.29 is 8.42 Å². The third kappa shape index (κ3) is 3.31. The van der Waals surface area contributed by atoms with Crippen molar-refractivity contribution in [1.29, 1.82) is 0 Å².